The molecule has 1 aliphatic heterocycles. The number of nitrogens with one attached hydrogen (secondary N) is 1. The zero-order valence-corrected chi connectivity index (χ0v) is 12.1. The van der Waals surface area contributed by atoms with E-state index < -0.39 is 0 Å². The highest BCUT2D eigenvalue weighted by atomic mass is 15.2. The molecule has 2 aliphatic rings. The summed E-state index contributed by atoms with van der Waals surface area (Å²) in [5.74, 6) is 0. The molecule has 3 heteroatoms. The predicted molar refractivity (Wildman–Crippen MR) is 79.4 cm³/mol. The zero-order valence-electron chi connectivity index (χ0n) is 12.1. The summed E-state index contributed by atoms with van der Waals surface area (Å²) >= 11 is 0. The van der Waals surface area contributed by atoms with Crippen molar-refractivity contribution in [3.63, 3.8) is 0 Å². The summed E-state index contributed by atoms with van der Waals surface area (Å²) in [6.07, 6.45) is 2.49. The van der Waals surface area contributed by atoms with Crippen molar-refractivity contribution in [1.82, 2.24) is 15.1 Å². The first-order valence-electron chi connectivity index (χ1n) is 7.47. The number of fused-ring (bicyclic) bond motifs is 1. The molecule has 3 rings (SSSR count). The molecule has 1 N–H and O–H groups in total. The largest absolute Gasteiger partial charge is 0.312 e. The highest BCUT2D eigenvalue weighted by molar-refractivity contribution is 5.37. The number of hydrogen-bond acceptors (Lipinski definition) is 3. The van der Waals surface area contributed by atoms with E-state index >= 15 is 0 Å². The first kappa shape index (κ1) is 13.1. The summed E-state index contributed by atoms with van der Waals surface area (Å²) in [5, 5.41) is 3.54. The van der Waals surface area contributed by atoms with E-state index in [0.717, 1.165) is 0 Å². The van der Waals surface area contributed by atoms with Crippen molar-refractivity contribution in [3.05, 3.63) is 35.4 Å². The van der Waals surface area contributed by atoms with Crippen molar-refractivity contribution in [2.75, 3.05) is 40.3 Å². The summed E-state index contributed by atoms with van der Waals surface area (Å²) < 4.78 is 0. The van der Waals surface area contributed by atoms with Crippen molar-refractivity contribution in [1.29, 1.82) is 0 Å². The minimum Gasteiger partial charge on any atom is -0.312 e. The molecule has 1 aromatic rings. The molecule has 0 spiro atoms. The van der Waals surface area contributed by atoms with Gasteiger partial charge >= 0.3 is 0 Å². The summed E-state index contributed by atoms with van der Waals surface area (Å²) in [6.45, 7) is 4.87. The maximum absolute atomic E-state index is 3.54. The van der Waals surface area contributed by atoms with Gasteiger partial charge in [-0.05, 0) is 51.2 Å². The van der Waals surface area contributed by atoms with Gasteiger partial charge in [0.05, 0.1) is 0 Å². The fourth-order valence-electron chi connectivity index (χ4n) is 3.66. The minimum atomic E-state index is 0.500. The van der Waals surface area contributed by atoms with Gasteiger partial charge in [0.15, 0.2) is 0 Å². The van der Waals surface area contributed by atoms with Gasteiger partial charge in [-0.3, -0.25) is 4.90 Å². The molecule has 0 saturated carbocycles. The Morgan fingerprint density at radius 2 is 1.95 bits per heavy atom. The lowest BCUT2D eigenvalue weighted by atomic mass is 10.1. The number of nitrogens with zero attached hydrogens (tertiary/aromatic N) is 2. The topological polar surface area (TPSA) is 18.5 Å². The molecule has 0 aromatic heterocycles. The molecule has 19 heavy (non-hydrogen) atoms. The van der Waals surface area contributed by atoms with E-state index in [9.17, 15) is 0 Å². The Hall–Kier alpha value is -0.900. The van der Waals surface area contributed by atoms with Crippen LogP contribution >= 0.6 is 0 Å². The van der Waals surface area contributed by atoms with E-state index in [0.29, 0.717) is 12.1 Å². The van der Waals surface area contributed by atoms with Crippen LogP contribution < -0.4 is 5.32 Å². The fourth-order valence-corrected chi connectivity index (χ4v) is 3.66. The molecule has 2 atom stereocenters. The van der Waals surface area contributed by atoms with Gasteiger partial charge in [-0.25, -0.2) is 0 Å². The molecule has 0 amide bonds. The molecule has 1 heterocycles. The maximum atomic E-state index is 3.54. The van der Waals surface area contributed by atoms with Crippen LogP contribution in [0.25, 0.3) is 0 Å². The molecule has 2 unspecified atom stereocenters. The van der Waals surface area contributed by atoms with Crippen molar-refractivity contribution < 1.29 is 0 Å². The number of rotatable bonds is 2. The van der Waals surface area contributed by atoms with E-state index in [1.807, 2.05) is 0 Å². The molecular weight excluding hydrogens is 234 g/mol. The lowest BCUT2D eigenvalue weighted by Crippen LogP contribution is -2.43. The van der Waals surface area contributed by atoms with Gasteiger partial charge in [0.2, 0.25) is 0 Å². The lowest BCUT2D eigenvalue weighted by Gasteiger charge is -2.32. The van der Waals surface area contributed by atoms with E-state index in [2.05, 4.69) is 53.5 Å². The smallest absolute Gasteiger partial charge is 0.0481 e. The van der Waals surface area contributed by atoms with Gasteiger partial charge in [-0.15, -0.1) is 0 Å². The van der Waals surface area contributed by atoms with Crippen LogP contribution in [0.5, 0.6) is 0 Å². The second-order valence-electron chi connectivity index (χ2n) is 5.93. The molecule has 0 radical (unpaired) electrons. The Labute approximate surface area is 116 Å². The summed E-state index contributed by atoms with van der Waals surface area (Å²) in [5.41, 5.74) is 3.04. The van der Waals surface area contributed by atoms with E-state index in [1.165, 1.54) is 50.1 Å². The van der Waals surface area contributed by atoms with Crippen LogP contribution in [0, 0.1) is 0 Å². The third-order valence-corrected chi connectivity index (χ3v) is 4.74. The van der Waals surface area contributed by atoms with Crippen molar-refractivity contribution in [3.8, 4) is 0 Å². The number of likely N-dealkylation sites (N-methyl/N-ethyl adjacent to an activating group) is 2. The zero-order chi connectivity index (χ0) is 13.2. The summed E-state index contributed by atoms with van der Waals surface area (Å²) in [7, 11) is 4.34. The van der Waals surface area contributed by atoms with Crippen molar-refractivity contribution >= 4 is 0 Å². The van der Waals surface area contributed by atoms with Gasteiger partial charge in [-0.1, -0.05) is 24.3 Å². The Kier molecular flexibility index (Phi) is 3.87. The molecule has 1 saturated heterocycles. The first-order valence-corrected chi connectivity index (χ1v) is 7.47. The van der Waals surface area contributed by atoms with E-state index in [-0.39, 0.29) is 0 Å². The van der Waals surface area contributed by atoms with Crippen molar-refractivity contribution in [2.24, 2.45) is 0 Å². The van der Waals surface area contributed by atoms with Crippen LogP contribution in [0.15, 0.2) is 24.3 Å². The molecular formula is C16H25N3. The molecule has 1 fully saturated rings. The van der Waals surface area contributed by atoms with Crippen LogP contribution in [0.2, 0.25) is 0 Å². The Balaban J connectivity index is 1.78. The summed E-state index contributed by atoms with van der Waals surface area (Å²) in [4.78, 5) is 5.15. The second-order valence-corrected chi connectivity index (χ2v) is 5.93. The molecule has 3 nitrogen and oxygen atoms in total. The first-order chi connectivity index (χ1) is 9.29. The van der Waals surface area contributed by atoms with Crippen molar-refractivity contribution in [2.45, 2.75) is 24.9 Å². The Bertz CT molecular complexity index is 432. The molecule has 0 bridgehead atoms. The van der Waals surface area contributed by atoms with Gasteiger partial charge < -0.3 is 10.2 Å². The van der Waals surface area contributed by atoms with Gasteiger partial charge in [0, 0.05) is 25.2 Å². The Morgan fingerprint density at radius 1 is 1.11 bits per heavy atom. The average molecular weight is 259 g/mol. The van der Waals surface area contributed by atoms with Gasteiger partial charge in [0.25, 0.3) is 0 Å². The van der Waals surface area contributed by atoms with Crippen LogP contribution in [0.3, 0.4) is 0 Å². The lowest BCUT2D eigenvalue weighted by molar-refractivity contribution is 0.175. The van der Waals surface area contributed by atoms with Crippen LogP contribution in [-0.2, 0) is 6.42 Å². The average Bonchev–Trinajstić information content (AvgIpc) is 2.67. The Morgan fingerprint density at radius 3 is 2.79 bits per heavy atom. The number of hydrogen-bond donors (Lipinski definition) is 1. The monoisotopic (exact) mass is 259 g/mol. The third-order valence-electron chi connectivity index (χ3n) is 4.74. The third kappa shape index (κ3) is 2.55. The summed E-state index contributed by atoms with van der Waals surface area (Å²) in [6, 6.07) is 10.1. The highest BCUT2D eigenvalue weighted by Gasteiger charge is 2.35. The number of benzene rings is 1. The van der Waals surface area contributed by atoms with Crippen LogP contribution in [0.4, 0.5) is 0 Å². The normalized spacial score (nSPS) is 29.2. The SMILES string of the molecule is CNC1c2ccccc2CC1N1CCCN(C)CC1. The van der Waals surface area contributed by atoms with Crippen LogP contribution in [0.1, 0.15) is 23.6 Å². The maximum Gasteiger partial charge on any atom is 0.0481 e. The minimum absolute atomic E-state index is 0.500. The molecule has 1 aromatic carbocycles. The second kappa shape index (κ2) is 5.61. The highest BCUT2D eigenvalue weighted by Crippen LogP contribution is 2.34. The quantitative estimate of drug-likeness (QED) is 0.868. The van der Waals surface area contributed by atoms with E-state index in [1.54, 1.807) is 0 Å². The molecule has 1 aliphatic carbocycles. The van der Waals surface area contributed by atoms with Gasteiger partial charge in [0.1, 0.15) is 0 Å². The fraction of sp³-hybridized carbons (Fsp3) is 0.625. The van der Waals surface area contributed by atoms with E-state index in [4.69, 9.17) is 0 Å². The van der Waals surface area contributed by atoms with Crippen LogP contribution in [-0.4, -0.2) is 56.1 Å². The van der Waals surface area contributed by atoms with Gasteiger partial charge in [-0.2, -0.15) is 0 Å². The predicted octanol–water partition coefficient (Wildman–Crippen LogP) is 1.51. The standard InChI is InChI=1S/C16H25N3/c1-17-16-14-7-4-3-6-13(14)12-15(16)19-9-5-8-18(2)10-11-19/h3-4,6-7,15-17H,5,8-12H2,1-2H3. The molecule has 104 valence electrons.